The van der Waals surface area contributed by atoms with Crippen LogP contribution in [0.2, 0.25) is 0 Å². The molecular formula is C14H25N3O3. The van der Waals surface area contributed by atoms with E-state index in [1.54, 1.807) is 4.90 Å². The van der Waals surface area contributed by atoms with E-state index >= 15 is 0 Å². The van der Waals surface area contributed by atoms with Crippen molar-refractivity contribution in [1.82, 2.24) is 10.3 Å². The summed E-state index contributed by atoms with van der Waals surface area (Å²) >= 11 is 0. The molecule has 0 aromatic rings. The van der Waals surface area contributed by atoms with Crippen LogP contribution in [0.3, 0.4) is 0 Å². The Morgan fingerprint density at radius 2 is 1.75 bits per heavy atom. The second kappa shape index (κ2) is 7.59. The van der Waals surface area contributed by atoms with Crippen LogP contribution in [0.4, 0.5) is 0 Å². The number of likely N-dealkylation sites (tertiary alicyclic amines) is 1. The summed E-state index contributed by atoms with van der Waals surface area (Å²) in [6.45, 7) is 1.41. The van der Waals surface area contributed by atoms with Gasteiger partial charge in [0.15, 0.2) is 0 Å². The van der Waals surface area contributed by atoms with Gasteiger partial charge in [0, 0.05) is 19.0 Å². The summed E-state index contributed by atoms with van der Waals surface area (Å²) < 4.78 is 5.70. The summed E-state index contributed by atoms with van der Waals surface area (Å²) in [5, 5.41) is 0. The monoisotopic (exact) mass is 283 g/mol. The number of nitrogens with zero attached hydrogens (tertiary/aromatic N) is 1. The molecule has 2 aliphatic rings. The summed E-state index contributed by atoms with van der Waals surface area (Å²) in [6, 6.07) is 0. The van der Waals surface area contributed by atoms with Gasteiger partial charge in [0.25, 0.3) is 0 Å². The molecule has 114 valence electrons. The molecule has 2 amide bonds. The fourth-order valence-corrected chi connectivity index (χ4v) is 3.02. The number of amides is 2. The lowest BCUT2D eigenvalue weighted by molar-refractivity contribution is -0.141. The summed E-state index contributed by atoms with van der Waals surface area (Å²) in [6.07, 6.45) is 7.46. The molecule has 0 aromatic heterocycles. The van der Waals surface area contributed by atoms with Crippen molar-refractivity contribution in [2.45, 2.75) is 51.0 Å². The van der Waals surface area contributed by atoms with Crippen LogP contribution >= 0.6 is 0 Å². The molecule has 6 heteroatoms. The summed E-state index contributed by atoms with van der Waals surface area (Å²) in [5.41, 5.74) is 2.18. The molecule has 2 rings (SSSR count). The third-order valence-corrected chi connectivity index (χ3v) is 4.36. The Hall–Kier alpha value is -1.14. The normalized spacial score (nSPS) is 21.8. The van der Waals surface area contributed by atoms with E-state index in [2.05, 4.69) is 5.43 Å². The molecule has 20 heavy (non-hydrogen) atoms. The van der Waals surface area contributed by atoms with Gasteiger partial charge in [-0.2, -0.15) is 0 Å². The molecular weight excluding hydrogens is 258 g/mol. The molecule has 2 fully saturated rings. The van der Waals surface area contributed by atoms with Crippen LogP contribution < -0.4 is 11.3 Å². The van der Waals surface area contributed by atoms with Gasteiger partial charge in [-0.15, -0.1) is 0 Å². The number of nitrogens with one attached hydrogen (secondary N) is 1. The maximum absolute atomic E-state index is 12.1. The van der Waals surface area contributed by atoms with Crippen LogP contribution in [0.5, 0.6) is 0 Å². The predicted molar refractivity (Wildman–Crippen MR) is 74.5 cm³/mol. The van der Waals surface area contributed by atoms with Crippen LogP contribution in [0.1, 0.15) is 44.9 Å². The lowest BCUT2D eigenvalue weighted by Crippen LogP contribution is -2.45. The van der Waals surface area contributed by atoms with E-state index in [0.29, 0.717) is 25.9 Å². The highest BCUT2D eigenvalue weighted by Crippen LogP contribution is 2.21. The van der Waals surface area contributed by atoms with E-state index in [0.717, 1.165) is 12.8 Å². The number of ether oxygens (including phenoxy) is 1. The van der Waals surface area contributed by atoms with Gasteiger partial charge >= 0.3 is 0 Å². The second-order valence-electron chi connectivity index (χ2n) is 5.73. The standard InChI is InChI=1S/C14H25N3O3/c15-16-14(19)11-6-8-17(9-7-11)13(18)10-20-12-4-2-1-3-5-12/h11-12H,1-10,15H2,(H,16,19). The minimum absolute atomic E-state index is 0.0437. The van der Waals surface area contributed by atoms with Gasteiger partial charge in [0.05, 0.1) is 6.10 Å². The van der Waals surface area contributed by atoms with Gasteiger partial charge in [-0.05, 0) is 25.7 Å². The number of rotatable bonds is 4. The number of carbonyl (C=O) groups is 2. The number of nitrogens with two attached hydrogens (primary N) is 1. The van der Waals surface area contributed by atoms with Crippen LogP contribution in [0.15, 0.2) is 0 Å². The average molecular weight is 283 g/mol. The number of hydrogen-bond acceptors (Lipinski definition) is 4. The zero-order valence-electron chi connectivity index (χ0n) is 12.0. The first-order chi connectivity index (χ1) is 9.70. The van der Waals surface area contributed by atoms with Gasteiger partial charge in [-0.3, -0.25) is 15.0 Å². The van der Waals surface area contributed by atoms with Crippen molar-refractivity contribution in [3.8, 4) is 0 Å². The van der Waals surface area contributed by atoms with Crippen molar-refractivity contribution in [2.24, 2.45) is 11.8 Å². The number of hydrogen-bond donors (Lipinski definition) is 2. The Labute approximate surface area is 120 Å². The highest BCUT2D eigenvalue weighted by Gasteiger charge is 2.27. The molecule has 3 N–H and O–H groups in total. The molecule has 0 bridgehead atoms. The smallest absolute Gasteiger partial charge is 0.248 e. The van der Waals surface area contributed by atoms with Crippen molar-refractivity contribution in [2.75, 3.05) is 19.7 Å². The molecule has 0 aromatic carbocycles. The Balaban J connectivity index is 1.67. The summed E-state index contributed by atoms with van der Waals surface area (Å²) in [4.78, 5) is 25.3. The third-order valence-electron chi connectivity index (χ3n) is 4.36. The Kier molecular flexibility index (Phi) is 5.79. The van der Waals surface area contributed by atoms with Crippen molar-refractivity contribution in [3.05, 3.63) is 0 Å². The molecule has 6 nitrogen and oxygen atoms in total. The van der Waals surface area contributed by atoms with Crippen LogP contribution in [-0.4, -0.2) is 42.5 Å². The number of piperidine rings is 1. The van der Waals surface area contributed by atoms with E-state index < -0.39 is 0 Å². The maximum atomic E-state index is 12.1. The molecule has 1 heterocycles. The van der Waals surface area contributed by atoms with Crippen molar-refractivity contribution >= 4 is 11.8 Å². The number of carbonyl (C=O) groups excluding carboxylic acids is 2. The lowest BCUT2D eigenvalue weighted by Gasteiger charge is -2.31. The molecule has 1 saturated carbocycles. The van der Waals surface area contributed by atoms with E-state index in [4.69, 9.17) is 10.6 Å². The molecule has 0 spiro atoms. The molecule has 1 aliphatic heterocycles. The van der Waals surface area contributed by atoms with Crippen LogP contribution in [0.25, 0.3) is 0 Å². The Morgan fingerprint density at radius 3 is 2.35 bits per heavy atom. The molecule has 1 saturated heterocycles. The lowest BCUT2D eigenvalue weighted by atomic mass is 9.96. The summed E-state index contributed by atoms with van der Waals surface area (Å²) in [7, 11) is 0. The average Bonchev–Trinajstić information content (AvgIpc) is 2.53. The predicted octanol–water partition coefficient (Wildman–Crippen LogP) is 0.564. The first-order valence-corrected chi connectivity index (χ1v) is 7.60. The molecule has 1 aliphatic carbocycles. The Morgan fingerprint density at radius 1 is 1.10 bits per heavy atom. The van der Waals surface area contributed by atoms with E-state index in [1.165, 1.54) is 19.3 Å². The van der Waals surface area contributed by atoms with E-state index in [-0.39, 0.29) is 30.4 Å². The van der Waals surface area contributed by atoms with Gasteiger partial charge in [0.2, 0.25) is 11.8 Å². The minimum atomic E-state index is -0.129. The first kappa shape index (κ1) is 15.3. The minimum Gasteiger partial charge on any atom is -0.368 e. The zero-order valence-corrected chi connectivity index (χ0v) is 12.0. The first-order valence-electron chi connectivity index (χ1n) is 7.60. The van der Waals surface area contributed by atoms with Gasteiger partial charge in [0.1, 0.15) is 6.61 Å². The third kappa shape index (κ3) is 4.18. The highest BCUT2D eigenvalue weighted by atomic mass is 16.5. The SMILES string of the molecule is NNC(=O)C1CCN(C(=O)COC2CCCCC2)CC1. The van der Waals surface area contributed by atoms with Crippen LogP contribution in [0, 0.1) is 5.92 Å². The van der Waals surface area contributed by atoms with Gasteiger partial charge < -0.3 is 9.64 Å². The quantitative estimate of drug-likeness (QED) is 0.448. The van der Waals surface area contributed by atoms with Crippen LogP contribution in [-0.2, 0) is 14.3 Å². The van der Waals surface area contributed by atoms with Gasteiger partial charge in [-0.1, -0.05) is 19.3 Å². The van der Waals surface area contributed by atoms with Gasteiger partial charge in [-0.25, -0.2) is 5.84 Å². The molecule has 0 unspecified atom stereocenters. The fraction of sp³-hybridized carbons (Fsp3) is 0.857. The van der Waals surface area contributed by atoms with Crippen molar-refractivity contribution < 1.29 is 14.3 Å². The van der Waals surface area contributed by atoms with E-state index in [1.807, 2.05) is 0 Å². The fourth-order valence-electron chi connectivity index (χ4n) is 3.02. The Bertz CT molecular complexity index is 335. The maximum Gasteiger partial charge on any atom is 0.248 e. The number of hydrazine groups is 1. The second-order valence-corrected chi connectivity index (χ2v) is 5.73. The van der Waals surface area contributed by atoms with Crippen molar-refractivity contribution in [3.63, 3.8) is 0 Å². The molecule has 0 radical (unpaired) electrons. The molecule has 0 atom stereocenters. The highest BCUT2D eigenvalue weighted by molar-refractivity contribution is 5.80. The van der Waals surface area contributed by atoms with Crippen molar-refractivity contribution in [1.29, 1.82) is 0 Å². The summed E-state index contributed by atoms with van der Waals surface area (Å²) in [5.74, 6) is 4.98. The van der Waals surface area contributed by atoms with E-state index in [9.17, 15) is 9.59 Å². The zero-order chi connectivity index (χ0) is 14.4. The largest absolute Gasteiger partial charge is 0.368 e. The topological polar surface area (TPSA) is 84.7 Å².